The molecule has 1 aromatic carbocycles. The predicted molar refractivity (Wildman–Crippen MR) is 95.1 cm³/mol. The molecule has 0 aliphatic heterocycles. The molecule has 9 heteroatoms. The van der Waals surface area contributed by atoms with Crippen molar-refractivity contribution in [2.45, 2.75) is 13.7 Å². The molecule has 3 aromatic rings. The van der Waals surface area contributed by atoms with Crippen molar-refractivity contribution in [3.8, 4) is 28.6 Å². The molecule has 0 atom stereocenters. The van der Waals surface area contributed by atoms with Crippen LogP contribution in [0.3, 0.4) is 0 Å². The summed E-state index contributed by atoms with van der Waals surface area (Å²) >= 11 is 0. The lowest BCUT2D eigenvalue weighted by molar-refractivity contribution is 0.0314. The standard InChI is InChI=1S/C18H16FN5O3/c1-2-26-11-24-16(14-7-9-21-18(23-14)22-10-8-20)15(17(25)27-24)12-3-5-13(19)6-4-12/h3-7,9H,2,10-11H2,1H3,(H,21,22,23). The maximum atomic E-state index is 13.3. The summed E-state index contributed by atoms with van der Waals surface area (Å²) in [6.07, 6.45) is 1.50. The fraction of sp³-hybridized carbons (Fsp3) is 0.222. The number of hydrogen-bond donors (Lipinski definition) is 1. The van der Waals surface area contributed by atoms with Crippen molar-refractivity contribution in [1.29, 1.82) is 5.26 Å². The highest BCUT2D eigenvalue weighted by Gasteiger charge is 2.22. The quantitative estimate of drug-likeness (QED) is 0.638. The van der Waals surface area contributed by atoms with Gasteiger partial charge in [-0.3, -0.25) is 0 Å². The molecular weight excluding hydrogens is 353 g/mol. The van der Waals surface area contributed by atoms with Crippen LogP contribution in [0.4, 0.5) is 10.3 Å². The number of aromatic nitrogens is 3. The zero-order valence-corrected chi connectivity index (χ0v) is 14.5. The highest BCUT2D eigenvalue weighted by Crippen LogP contribution is 2.29. The lowest BCUT2D eigenvalue weighted by Crippen LogP contribution is -2.07. The molecule has 2 aromatic heterocycles. The number of halogens is 1. The zero-order valence-electron chi connectivity index (χ0n) is 14.5. The number of hydrogen-bond acceptors (Lipinski definition) is 7. The Morgan fingerprint density at radius 1 is 1.33 bits per heavy atom. The van der Waals surface area contributed by atoms with Gasteiger partial charge >= 0.3 is 5.63 Å². The number of ether oxygens (including phenoxy) is 1. The summed E-state index contributed by atoms with van der Waals surface area (Å²) in [5.41, 5.74) is 0.902. The fourth-order valence-corrected chi connectivity index (χ4v) is 2.50. The molecule has 138 valence electrons. The molecule has 27 heavy (non-hydrogen) atoms. The minimum atomic E-state index is -0.596. The van der Waals surface area contributed by atoms with Gasteiger partial charge < -0.3 is 14.6 Å². The van der Waals surface area contributed by atoms with E-state index >= 15 is 0 Å². The van der Waals surface area contributed by atoms with Gasteiger partial charge in [-0.1, -0.05) is 12.1 Å². The minimum Gasteiger partial charge on any atom is -0.358 e. The number of nitrogens with one attached hydrogen (secondary N) is 1. The van der Waals surface area contributed by atoms with Crippen LogP contribution in [-0.4, -0.2) is 27.9 Å². The van der Waals surface area contributed by atoms with E-state index < -0.39 is 11.4 Å². The van der Waals surface area contributed by atoms with Crippen molar-refractivity contribution in [2.75, 3.05) is 18.5 Å². The first-order valence-electron chi connectivity index (χ1n) is 8.16. The van der Waals surface area contributed by atoms with Crippen LogP contribution in [0.1, 0.15) is 6.92 Å². The van der Waals surface area contributed by atoms with E-state index in [1.807, 2.05) is 13.0 Å². The number of nitrogens with zero attached hydrogens (tertiary/aromatic N) is 4. The van der Waals surface area contributed by atoms with Crippen LogP contribution < -0.4 is 10.9 Å². The summed E-state index contributed by atoms with van der Waals surface area (Å²) in [6, 6.07) is 9.06. The summed E-state index contributed by atoms with van der Waals surface area (Å²) in [5.74, 6) is -0.181. The molecule has 0 saturated carbocycles. The van der Waals surface area contributed by atoms with E-state index in [-0.39, 0.29) is 24.8 Å². The molecule has 8 nitrogen and oxygen atoms in total. The highest BCUT2D eigenvalue weighted by molar-refractivity contribution is 5.78. The number of rotatable bonds is 7. The Hall–Kier alpha value is -3.51. The maximum absolute atomic E-state index is 13.3. The van der Waals surface area contributed by atoms with Gasteiger partial charge in [-0.15, -0.1) is 0 Å². The second-order valence-corrected chi connectivity index (χ2v) is 5.39. The van der Waals surface area contributed by atoms with E-state index in [0.717, 1.165) is 0 Å². The number of anilines is 1. The SMILES string of the molecule is CCOCn1oc(=O)c(-c2ccc(F)cc2)c1-c1ccnc(NCC#N)n1. The Labute approximate surface area is 153 Å². The summed E-state index contributed by atoms with van der Waals surface area (Å²) < 4.78 is 25.3. The van der Waals surface area contributed by atoms with Crippen molar-refractivity contribution in [3.05, 3.63) is 52.8 Å². The van der Waals surface area contributed by atoms with Gasteiger partial charge in [-0.2, -0.15) is 10.0 Å². The molecule has 0 radical (unpaired) electrons. The first-order chi connectivity index (χ1) is 13.1. The Balaban J connectivity index is 2.15. The largest absolute Gasteiger partial charge is 0.366 e. The molecule has 0 bridgehead atoms. The smallest absolute Gasteiger partial charge is 0.358 e. The molecule has 2 heterocycles. The van der Waals surface area contributed by atoms with Crippen molar-refractivity contribution in [2.24, 2.45) is 0 Å². The molecular formula is C18H16FN5O3. The Morgan fingerprint density at radius 3 is 2.81 bits per heavy atom. The van der Waals surface area contributed by atoms with Crippen molar-refractivity contribution >= 4 is 5.95 Å². The number of benzene rings is 1. The Morgan fingerprint density at radius 2 is 2.11 bits per heavy atom. The van der Waals surface area contributed by atoms with Crippen molar-refractivity contribution in [3.63, 3.8) is 0 Å². The fourth-order valence-electron chi connectivity index (χ4n) is 2.50. The van der Waals surface area contributed by atoms with Crippen LogP contribution in [0.2, 0.25) is 0 Å². The molecule has 1 N–H and O–H groups in total. The topological polar surface area (TPSA) is 106 Å². The summed E-state index contributed by atoms with van der Waals surface area (Å²) in [7, 11) is 0. The lowest BCUT2D eigenvalue weighted by atomic mass is 10.0. The molecule has 0 unspecified atom stereocenters. The molecule has 3 rings (SSSR count). The Kier molecular flexibility index (Phi) is 5.58. The molecule has 0 aliphatic carbocycles. The van der Waals surface area contributed by atoms with Crippen LogP contribution in [-0.2, 0) is 11.5 Å². The first-order valence-corrected chi connectivity index (χ1v) is 8.16. The highest BCUT2D eigenvalue weighted by atomic mass is 19.1. The van der Waals surface area contributed by atoms with E-state index in [1.54, 1.807) is 6.07 Å². The summed E-state index contributed by atoms with van der Waals surface area (Å²) in [5, 5.41) is 11.5. The van der Waals surface area contributed by atoms with Crippen LogP contribution >= 0.6 is 0 Å². The van der Waals surface area contributed by atoms with Crippen LogP contribution in [0, 0.1) is 17.1 Å². The van der Waals surface area contributed by atoms with Crippen LogP contribution in [0.5, 0.6) is 0 Å². The van der Waals surface area contributed by atoms with Gasteiger partial charge in [0.1, 0.15) is 18.1 Å². The van der Waals surface area contributed by atoms with Gasteiger partial charge in [0.2, 0.25) is 5.95 Å². The third-order valence-corrected chi connectivity index (χ3v) is 3.65. The van der Waals surface area contributed by atoms with Crippen molar-refractivity contribution < 1.29 is 13.7 Å². The monoisotopic (exact) mass is 369 g/mol. The average Bonchev–Trinajstić information content (AvgIpc) is 3.01. The molecule has 0 aliphatic rings. The van der Waals surface area contributed by atoms with Crippen molar-refractivity contribution in [1.82, 2.24) is 14.7 Å². The minimum absolute atomic E-state index is 0.00717. The van der Waals surface area contributed by atoms with E-state index in [4.69, 9.17) is 14.5 Å². The molecule has 0 amide bonds. The normalized spacial score (nSPS) is 10.6. The summed E-state index contributed by atoms with van der Waals surface area (Å²) in [6.45, 7) is 2.28. The second-order valence-electron chi connectivity index (χ2n) is 5.39. The van der Waals surface area contributed by atoms with Gasteiger partial charge in [0, 0.05) is 12.8 Å². The van der Waals surface area contributed by atoms with E-state index in [0.29, 0.717) is 23.6 Å². The summed E-state index contributed by atoms with van der Waals surface area (Å²) in [4.78, 5) is 20.9. The van der Waals surface area contributed by atoms with Crippen LogP contribution in [0.15, 0.2) is 45.8 Å². The van der Waals surface area contributed by atoms with Gasteiger partial charge in [-0.05, 0) is 30.7 Å². The zero-order chi connectivity index (χ0) is 19.2. The first kappa shape index (κ1) is 18.3. The lowest BCUT2D eigenvalue weighted by Gasteiger charge is -2.09. The van der Waals surface area contributed by atoms with Gasteiger partial charge in [0.05, 0.1) is 17.3 Å². The molecule has 0 spiro atoms. The molecule has 0 fully saturated rings. The van der Waals surface area contributed by atoms with E-state index in [1.165, 1.54) is 35.2 Å². The number of nitriles is 1. The third kappa shape index (κ3) is 4.02. The van der Waals surface area contributed by atoms with Gasteiger partial charge in [0.15, 0.2) is 6.73 Å². The Bertz CT molecular complexity index is 1020. The van der Waals surface area contributed by atoms with E-state index in [9.17, 15) is 9.18 Å². The third-order valence-electron chi connectivity index (χ3n) is 3.65. The van der Waals surface area contributed by atoms with E-state index in [2.05, 4.69) is 15.3 Å². The predicted octanol–water partition coefficient (Wildman–Crippen LogP) is 2.63. The second kappa shape index (κ2) is 8.25. The van der Waals surface area contributed by atoms with Gasteiger partial charge in [-0.25, -0.2) is 19.2 Å². The molecule has 0 saturated heterocycles. The van der Waals surface area contributed by atoms with Crippen LogP contribution in [0.25, 0.3) is 22.5 Å². The van der Waals surface area contributed by atoms with Gasteiger partial charge in [0.25, 0.3) is 0 Å². The average molecular weight is 369 g/mol. The maximum Gasteiger partial charge on any atom is 0.366 e.